The van der Waals surface area contributed by atoms with Crippen LogP contribution in [0.2, 0.25) is 0 Å². The minimum absolute atomic E-state index is 0. The second-order valence-corrected chi connectivity index (χ2v) is 0. The standard InChI is InChI=1S/CH2O.H3N.Ti/c1-2;;/h1H2;1H3;. The molecule has 0 bridgehead atoms. The van der Waals surface area contributed by atoms with Crippen molar-refractivity contribution in [2.45, 2.75) is 0 Å². The molecule has 0 aliphatic heterocycles. The number of hydrogen-bond acceptors (Lipinski definition) is 2. The first-order chi connectivity index (χ1) is 1.00. The molecule has 0 fully saturated rings. The molecule has 0 rings (SSSR count). The fourth-order valence-electron chi connectivity index (χ4n) is 0. The van der Waals surface area contributed by atoms with Gasteiger partial charge in [-0.25, -0.2) is 0 Å². The summed E-state index contributed by atoms with van der Waals surface area (Å²) < 4.78 is 0. The van der Waals surface area contributed by atoms with Crippen molar-refractivity contribution in [3.63, 3.8) is 0 Å². The third-order valence-corrected chi connectivity index (χ3v) is 0. The quantitative estimate of drug-likeness (QED) is 0.429. The van der Waals surface area contributed by atoms with Gasteiger partial charge in [0.05, 0.1) is 0 Å². The monoisotopic (exact) mass is 95.0 g/mol. The van der Waals surface area contributed by atoms with Gasteiger partial charge >= 0.3 is 0 Å². The maximum absolute atomic E-state index is 8.00. The molecular formula is CH5NOTi. The van der Waals surface area contributed by atoms with Gasteiger partial charge in [0.2, 0.25) is 0 Å². The Labute approximate surface area is 40.0 Å². The molecule has 0 unspecified atom stereocenters. The zero-order valence-corrected chi connectivity index (χ0v) is 3.88. The average molecular weight is 94.9 g/mol. The topological polar surface area (TPSA) is 52.1 Å². The van der Waals surface area contributed by atoms with Crippen LogP contribution in [0.5, 0.6) is 0 Å². The fraction of sp³-hybridized carbons (Fsp3) is 0. The van der Waals surface area contributed by atoms with E-state index >= 15 is 0 Å². The van der Waals surface area contributed by atoms with Crippen LogP contribution >= 0.6 is 0 Å². The van der Waals surface area contributed by atoms with Gasteiger partial charge in [0.1, 0.15) is 6.79 Å². The summed E-state index contributed by atoms with van der Waals surface area (Å²) in [5.74, 6) is 0. The van der Waals surface area contributed by atoms with E-state index in [9.17, 15) is 0 Å². The maximum Gasteiger partial charge on any atom is 0.106 e. The van der Waals surface area contributed by atoms with Gasteiger partial charge in [-0.1, -0.05) is 0 Å². The maximum atomic E-state index is 8.00. The molecule has 0 radical (unpaired) electrons. The summed E-state index contributed by atoms with van der Waals surface area (Å²) >= 11 is 0. The minimum atomic E-state index is 0. The molecule has 0 saturated carbocycles. The zero-order chi connectivity index (χ0) is 2.00. The van der Waals surface area contributed by atoms with Gasteiger partial charge in [0, 0.05) is 21.7 Å². The van der Waals surface area contributed by atoms with E-state index in [1.807, 2.05) is 6.79 Å². The smallest absolute Gasteiger partial charge is 0.106 e. The van der Waals surface area contributed by atoms with Crippen LogP contribution in [0.15, 0.2) is 0 Å². The Kier molecular flexibility index (Phi) is 1040. The molecule has 0 aliphatic rings. The predicted molar refractivity (Wildman–Crippen MR) is 12.1 cm³/mol. The van der Waals surface area contributed by atoms with Crippen molar-refractivity contribution in [2.75, 3.05) is 0 Å². The molecule has 0 atom stereocenters. The van der Waals surface area contributed by atoms with Crippen LogP contribution in [0.1, 0.15) is 0 Å². The second kappa shape index (κ2) is 155. The molecule has 0 aromatic heterocycles. The molecule has 3 heteroatoms. The van der Waals surface area contributed by atoms with Crippen molar-refractivity contribution < 1.29 is 26.5 Å². The van der Waals surface area contributed by atoms with Gasteiger partial charge < -0.3 is 10.9 Å². The molecule has 0 amide bonds. The third-order valence-electron chi connectivity index (χ3n) is 0. The van der Waals surface area contributed by atoms with Gasteiger partial charge in [-0.05, 0) is 0 Å². The summed E-state index contributed by atoms with van der Waals surface area (Å²) in [5.41, 5.74) is 0. The molecule has 3 N–H and O–H groups in total. The summed E-state index contributed by atoms with van der Waals surface area (Å²) in [5, 5.41) is 0. The summed E-state index contributed by atoms with van der Waals surface area (Å²) in [4.78, 5) is 8.00. The SMILES string of the molecule is C=O.N.[Ti]. The van der Waals surface area contributed by atoms with Crippen LogP contribution in [0.3, 0.4) is 0 Å². The van der Waals surface area contributed by atoms with Gasteiger partial charge in [-0.3, -0.25) is 0 Å². The third kappa shape index (κ3) is 35.7. The van der Waals surface area contributed by atoms with E-state index in [4.69, 9.17) is 4.79 Å². The van der Waals surface area contributed by atoms with E-state index in [1.54, 1.807) is 0 Å². The Morgan fingerprint density at radius 2 is 1.25 bits per heavy atom. The Morgan fingerprint density at radius 1 is 1.25 bits per heavy atom. The van der Waals surface area contributed by atoms with E-state index in [0.29, 0.717) is 0 Å². The van der Waals surface area contributed by atoms with Crippen molar-refractivity contribution in [1.82, 2.24) is 6.15 Å². The molecule has 24 valence electrons. The van der Waals surface area contributed by atoms with Gasteiger partial charge in [-0.15, -0.1) is 0 Å². The Hall–Kier alpha value is 0.344. The van der Waals surface area contributed by atoms with Crippen LogP contribution in [0.25, 0.3) is 0 Å². The van der Waals surface area contributed by atoms with Crippen molar-refractivity contribution >= 4 is 6.79 Å². The van der Waals surface area contributed by atoms with Crippen LogP contribution < -0.4 is 6.15 Å². The Morgan fingerprint density at radius 3 is 1.25 bits per heavy atom. The van der Waals surface area contributed by atoms with E-state index in [-0.39, 0.29) is 27.9 Å². The van der Waals surface area contributed by atoms with Crippen molar-refractivity contribution in [3.8, 4) is 0 Å². The second-order valence-electron chi connectivity index (χ2n) is 0. The van der Waals surface area contributed by atoms with Crippen LogP contribution in [-0.4, -0.2) is 6.79 Å². The molecule has 4 heavy (non-hydrogen) atoms. The molecule has 0 aliphatic carbocycles. The minimum Gasteiger partial charge on any atom is -0.344 e. The molecule has 0 spiro atoms. The van der Waals surface area contributed by atoms with E-state index < -0.39 is 0 Å². The largest absolute Gasteiger partial charge is 0.344 e. The van der Waals surface area contributed by atoms with E-state index in [0.717, 1.165) is 0 Å². The molecule has 0 aromatic rings. The van der Waals surface area contributed by atoms with Gasteiger partial charge in [-0.2, -0.15) is 0 Å². The summed E-state index contributed by atoms with van der Waals surface area (Å²) in [6, 6.07) is 0. The molecule has 2 nitrogen and oxygen atoms in total. The normalized spacial score (nSPS) is 1.00. The predicted octanol–water partition coefficient (Wildman–Crippen LogP) is -0.0254. The van der Waals surface area contributed by atoms with Crippen LogP contribution in [0.4, 0.5) is 0 Å². The van der Waals surface area contributed by atoms with Gasteiger partial charge in [0.25, 0.3) is 0 Å². The van der Waals surface area contributed by atoms with Crippen molar-refractivity contribution in [1.29, 1.82) is 0 Å². The number of carbonyl (C=O) groups excluding carboxylic acids is 1. The van der Waals surface area contributed by atoms with Gasteiger partial charge in [0.15, 0.2) is 0 Å². The van der Waals surface area contributed by atoms with E-state index in [2.05, 4.69) is 0 Å². The number of carbonyl (C=O) groups is 1. The Balaban J connectivity index is -0.00000000500. The fourth-order valence-corrected chi connectivity index (χ4v) is 0. The molecule has 0 aromatic carbocycles. The zero-order valence-electron chi connectivity index (χ0n) is 2.32. The van der Waals surface area contributed by atoms with Crippen molar-refractivity contribution in [3.05, 3.63) is 0 Å². The number of rotatable bonds is 0. The first-order valence-electron chi connectivity index (χ1n) is 0.289. The van der Waals surface area contributed by atoms with E-state index in [1.165, 1.54) is 0 Å². The summed E-state index contributed by atoms with van der Waals surface area (Å²) in [6.45, 7) is 2.00. The molecular weight excluding hydrogens is 89.9 g/mol. The molecule has 0 heterocycles. The summed E-state index contributed by atoms with van der Waals surface area (Å²) in [6.07, 6.45) is 0. The van der Waals surface area contributed by atoms with Crippen LogP contribution in [0, 0.1) is 0 Å². The van der Waals surface area contributed by atoms with Crippen molar-refractivity contribution in [2.24, 2.45) is 0 Å². The summed E-state index contributed by atoms with van der Waals surface area (Å²) in [7, 11) is 0. The van der Waals surface area contributed by atoms with Crippen LogP contribution in [-0.2, 0) is 26.5 Å². The average Bonchev–Trinajstić information content (AvgIpc) is 1.00. The molecule has 0 saturated heterocycles. The number of hydrogen-bond donors (Lipinski definition) is 1. The first-order valence-corrected chi connectivity index (χ1v) is 0.289. The first kappa shape index (κ1) is 26.9. The Bertz CT molecular complexity index is 8.00.